The van der Waals surface area contributed by atoms with E-state index >= 15 is 0 Å². The molecular weight excluding hydrogens is 365 g/mol. The first-order valence-corrected chi connectivity index (χ1v) is 9.77. The van der Waals surface area contributed by atoms with Crippen LogP contribution in [-0.4, -0.2) is 25.2 Å². The Morgan fingerprint density at radius 2 is 1.93 bits per heavy atom. The molecule has 0 aliphatic carbocycles. The van der Waals surface area contributed by atoms with E-state index in [9.17, 15) is 9.18 Å². The van der Waals surface area contributed by atoms with Gasteiger partial charge in [0.05, 0.1) is 5.41 Å². The molecule has 144 valence electrons. The third-order valence-electron chi connectivity index (χ3n) is 5.31. The largest absolute Gasteiger partial charge is 0.381 e. The van der Waals surface area contributed by atoms with Gasteiger partial charge in [0.15, 0.2) is 0 Å². The zero-order valence-corrected chi connectivity index (χ0v) is 16.3. The highest BCUT2D eigenvalue weighted by atomic mass is 35.5. The van der Waals surface area contributed by atoms with Gasteiger partial charge in [-0.1, -0.05) is 35.9 Å². The summed E-state index contributed by atoms with van der Waals surface area (Å²) in [5, 5.41) is 3.87. The monoisotopic (exact) mass is 389 g/mol. The van der Waals surface area contributed by atoms with E-state index in [1.54, 1.807) is 6.07 Å². The van der Waals surface area contributed by atoms with Crippen LogP contribution in [0.4, 0.5) is 4.39 Å². The fourth-order valence-electron chi connectivity index (χ4n) is 3.62. The average molecular weight is 390 g/mol. The Kier molecular flexibility index (Phi) is 6.51. The molecule has 2 aromatic carbocycles. The van der Waals surface area contributed by atoms with E-state index in [-0.39, 0.29) is 17.8 Å². The highest BCUT2D eigenvalue weighted by molar-refractivity contribution is 6.30. The third-order valence-corrected chi connectivity index (χ3v) is 5.57. The Balaban J connectivity index is 1.68. The number of amides is 1. The van der Waals surface area contributed by atoms with Gasteiger partial charge in [0.25, 0.3) is 0 Å². The summed E-state index contributed by atoms with van der Waals surface area (Å²) in [6.07, 6.45) is 2.80. The van der Waals surface area contributed by atoms with Crippen LogP contribution in [0.2, 0.25) is 5.02 Å². The molecule has 1 atom stereocenters. The minimum Gasteiger partial charge on any atom is -0.381 e. The second kappa shape index (κ2) is 8.85. The molecule has 27 heavy (non-hydrogen) atoms. The minimum atomic E-state index is -0.727. The maximum Gasteiger partial charge on any atom is 0.231 e. The van der Waals surface area contributed by atoms with Crippen LogP contribution < -0.4 is 5.32 Å². The Hall–Kier alpha value is -1.91. The maximum atomic E-state index is 13.8. The first kappa shape index (κ1) is 19.8. The highest BCUT2D eigenvalue weighted by Crippen LogP contribution is 2.35. The van der Waals surface area contributed by atoms with Gasteiger partial charge in [0, 0.05) is 24.3 Å². The third kappa shape index (κ3) is 4.88. The summed E-state index contributed by atoms with van der Waals surface area (Å²) in [7, 11) is 0. The van der Waals surface area contributed by atoms with Gasteiger partial charge in [0.1, 0.15) is 5.82 Å². The van der Waals surface area contributed by atoms with E-state index < -0.39 is 5.41 Å². The van der Waals surface area contributed by atoms with Crippen LogP contribution in [-0.2, 0) is 21.4 Å². The predicted molar refractivity (Wildman–Crippen MR) is 106 cm³/mol. The Morgan fingerprint density at radius 3 is 2.59 bits per heavy atom. The summed E-state index contributed by atoms with van der Waals surface area (Å²) >= 11 is 5.92. The zero-order chi connectivity index (χ0) is 19.3. The lowest BCUT2D eigenvalue weighted by Crippen LogP contribution is -2.50. The van der Waals surface area contributed by atoms with E-state index in [1.165, 1.54) is 17.7 Å². The molecule has 1 saturated heterocycles. The number of nitrogens with one attached hydrogen (secondary N) is 1. The smallest absolute Gasteiger partial charge is 0.231 e. The molecule has 0 bridgehead atoms. The van der Waals surface area contributed by atoms with Crippen molar-refractivity contribution in [2.75, 3.05) is 13.2 Å². The molecule has 0 saturated carbocycles. The molecule has 2 aromatic rings. The standard InChI is InChI=1S/C22H25ClFNO2/c1-16(5-6-17-7-9-19(23)10-8-17)25-21(26)22(11-13-27-14-12-22)18-3-2-4-20(24)15-18/h2-4,7-10,15-16H,5-6,11-14H2,1H3,(H,25,26)/t16-/m0/s1. The van der Waals surface area contributed by atoms with Gasteiger partial charge in [-0.3, -0.25) is 4.79 Å². The van der Waals surface area contributed by atoms with Crippen molar-refractivity contribution < 1.29 is 13.9 Å². The van der Waals surface area contributed by atoms with Crippen molar-refractivity contribution in [3.63, 3.8) is 0 Å². The van der Waals surface area contributed by atoms with E-state index in [0.717, 1.165) is 23.4 Å². The van der Waals surface area contributed by atoms with Crippen molar-refractivity contribution >= 4 is 17.5 Å². The first-order valence-electron chi connectivity index (χ1n) is 9.39. The number of carbonyl (C=O) groups is 1. The van der Waals surface area contributed by atoms with Gasteiger partial charge in [-0.25, -0.2) is 4.39 Å². The van der Waals surface area contributed by atoms with Crippen molar-refractivity contribution in [1.29, 1.82) is 0 Å². The summed E-state index contributed by atoms with van der Waals surface area (Å²) in [4.78, 5) is 13.2. The Labute approximate surface area is 164 Å². The van der Waals surface area contributed by atoms with Gasteiger partial charge < -0.3 is 10.1 Å². The van der Waals surface area contributed by atoms with Crippen LogP contribution in [0, 0.1) is 5.82 Å². The predicted octanol–water partition coefficient (Wildman–Crippen LogP) is 4.66. The number of carbonyl (C=O) groups excluding carboxylic acids is 1. The van der Waals surface area contributed by atoms with E-state index in [4.69, 9.17) is 16.3 Å². The second-order valence-corrected chi connectivity index (χ2v) is 7.68. The number of halogens is 2. The number of benzene rings is 2. The lowest BCUT2D eigenvalue weighted by molar-refractivity contribution is -0.131. The number of ether oxygens (including phenoxy) is 1. The van der Waals surface area contributed by atoms with Crippen molar-refractivity contribution in [2.45, 2.75) is 44.1 Å². The molecule has 1 amide bonds. The molecule has 1 fully saturated rings. The van der Waals surface area contributed by atoms with E-state index in [1.807, 2.05) is 37.3 Å². The van der Waals surface area contributed by atoms with Crippen LogP contribution in [0.25, 0.3) is 0 Å². The Bertz CT molecular complexity index is 772. The van der Waals surface area contributed by atoms with Gasteiger partial charge in [-0.15, -0.1) is 0 Å². The molecule has 3 rings (SSSR count). The summed E-state index contributed by atoms with van der Waals surface area (Å²) in [6.45, 7) is 3.01. The number of hydrogen-bond donors (Lipinski definition) is 1. The zero-order valence-electron chi connectivity index (χ0n) is 15.5. The normalized spacial score (nSPS) is 17.3. The van der Waals surface area contributed by atoms with Crippen LogP contribution in [0.3, 0.4) is 0 Å². The van der Waals surface area contributed by atoms with Gasteiger partial charge in [-0.05, 0) is 68.0 Å². The van der Waals surface area contributed by atoms with Crippen LogP contribution in [0.15, 0.2) is 48.5 Å². The van der Waals surface area contributed by atoms with Crippen molar-refractivity contribution in [2.24, 2.45) is 0 Å². The molecular formula is C22H25ClFNO2. The molecule has 1 N–H and O–H groups in total. The van der Waals surface area contributed by atoms with E-state index in [0.29, 0.717) is 26.1 Å². The molecule has 0 aromatic heterocycles. The fourth-order valence-corrected chi connectivity index (χ4v) is 3.75. The number of rotatable bonds is 6. The molecule has 3 nitrogen and oxygen atoms in total. The molecule has 0 unspecified atom stereocenters. The minimum absolute atomic E-state index is 0.0152. The molecule has 5 heteroatoms. The molecule has 0 radical (unpaired) electrons. The van der Waals surface area contributed by atoms with E-state index in [2.05, 4.69) is 5.32 Å². The summed E-state index contributed by atoms with van der Waals surface area (Å²) < 4.78 is 19.2. The molecule has 1 aliphatic heterocycles. The van der Waals surface area contributed by atoms with Crippen LogP contribution in [0.5, 0.6) is 0 Å². The van der Waals surface area contributed by atoms with Crippen molar-refractivity contribution in [1.82, 2.24) is 5.32 Å². The second-order valence-electron chi connectivity index (χ2n) is 7.24. The highest BCUT2D eigenvalue weighted by Gasteiger charge is 2.42. The summed E-state index contributed by atoms with van der Waals surface area (Å²) in [6, 6.07) is 14.2. The van der Waals surface area contributed by atoms with Crippen LogP contribution >= 0.6 is 11.6 Å². The summed E-state index contributed by atoms with van der Waals surface area (Å²) in [5.74, 6) is -0.359. The topological polar surface area (TPSA) is 38.3 Å². The number of hydrogen-bond acceptors (Lipinski definition) is 2. The number of aryl methyl sites for hydroxylation is 1. The summed E-state index contributed by atoms with van der Waals surface area (Å²) in [5.41, 5.74) is 1.19. The van der Waals surface area contributed by atoms with Gasteiger partial charge >= 0.3 is 0 Å². The average Bonchev–Trinajstić information content (AvgIpc) is 2.68. The fraction of sp³-hybridized carbons (Fsp3) is 0.409. The quantitative estimate of drug-likeness (QED) is 0.780. The SMILES string of the molecule is C[C@@H](CCc1ccc(Cl)cc1)NC(=O)C1(c2cccc(F)c2)CCOCC1. The lowest BCUT2D eigenvalue weighted by Gasteiger charge is -2.37. The lowest BCUT2D eigenvalue weighted by atomic mass is 9.73. The molecule has 1 heterocycles. The van der Waals surface area contributed by atoms with Crippen molar-refractivity contribution in [3.8, 4) is 0 Å². The van der Waals surface area contributed by atoms with Crippen molar-refractivity contribution in [3.05, 3.63) is 70.5 Å². The molecule has 1 aliphatic rings. The Morgan fingerprint density at radius 1 is 1.22 bits per heavy atom. The molecule has 0 spiro atoms. The van der Waals surface area contributed by atoms with Gasteiger partial charge in [0.2, 0.25) is 5.91 Å². The first-order chi connectivity index (χ1) is 13.0. The van der Waals surface area contributed by atoms with Gasteiger partial charge in [-0.2, -0.15) is 0 Å². The maximum absolute atomic E-state index is 13.8. The van der Waals surface area contributed by atoms with Crippen LogP contribution in [0.1, 0.15) is 37.3 Å².